The molecule has 5 nitrogen and oxygen atoms in total. The molecule has 0 amide bonds. The monoisotopic (exact) mass is 233 g/mol. The van der Waals surface area contributed by atoms with Gasteiger partial charge in [-0.15, -0.1) is 13.2 Å². The van der Waals surface area contributed by atoms with Crippen molar-refractivity contribution in [3.8, 4) is 17.8 Å². The molecule has 0 unspecified atom stereocenters. The van der Waals surface area contributed by atoms with Crippen LogP contribution >= 0.6 is 0 Å². The van der Waals surface area contributed by atoms with Crippen molar-refractivity contribution >= 4 is 5.69 Å². The quantitative estimate of drug-likeness (QED) is 0.835. The number of ether oxygens (including phenoxy) is 2. The first kappa shape index (κ1) is 11.9. The maximum absolute atomic E-state index is 11.9. The number of anilines is 1. The van der Waals surface area contributed by atoms with Gasteiger partial charge in [-0.1, -0.05) is 0 Å². The third-order valence-corrected chi connectivity index (χ3v) is 1.52. The second kappa shape index (κ2) is 4.14. The fourth-order valence-corrected chi connectivity index (χ4v) is 0.948. The average molecular weight is 233 g/mol. The average Bonchev–Trinajstić information content (AvgIpc) is 2.14. The predicted molar refractivity (Wildman–Crippen MR) is 46.6 cm³/mol. The molecule has 0 spiro atoms. The molecule has 86 valence electrons. The first-order chi connectivity index (χ1) is 7.37. The van der Waals surface area contributed by atoms with E-state index in [0.717, 1.165) is 13.2 Å². The lowest BCUT2D eigenvalue weighted by Crippen LogP contribution is -2.18. The second-order valence-corrected chi connectivity index (χ2v) is 2.59. The zero-order valence-electron chi connectivity index (χ0n) is 8.00. The Bertz CT molecular complexity index is 439. The third kappa shape index (κ3) is 2.66. The number of nitrogen functional groups attached to an aromatic ring is 1. The minimum absolute atomic E-state index is 0.142. The summed E-state index contributed by atoms with van der Waals surface area (Å²) in [6.45, 7) is 0. The molecule has 0 saturated heterocycles. The Balaban J connectivity index is 3.17. The maximum atomic E-state index is 11.9. The lowest BCUT2D eigenvalue weighted by atomic mass is 10.2. The van der Waals surface area contributed by atoms with Crippen LogP contribution in [0.5, 0.6) is 11.8 Å². The van der Waals surface area contributed by atoms with Crippen molar-refractivity contribution in [3.05, 3.63) is 11.6 Å². The highest BCUT2D eigenvalue weighted by atomic mass is 19.4. The van der Waals surface area contributed by atoms with Crippen LogP contribution in [-0.2, 0) is 0 Å². The summed E-state index contributed by atoms with van der Waals surface area (Å²) < 4.78 is 43.8. The van der Waals surface area contributed by atoms with Gasteiger partial charge in [-0.25, -0.2) is 0 Å². The predicted octanol–water partition coefficient (Wildman–Crippen LogP) is 1.44. The number of nitriles is 1. The largest absolute Gasteiger partial charge is 0.574 e. The molecule has 0 aromatic carbocycles. The summed E-state index contributed by atoms with van der Waals surface area (Å²) in [7, 11) is 1.15. The molecule has 8 heteroatoms. The van der Waals surface area contributed by atoms with Crippen molar-refractivity contribution in [1.29, 1.82) is 5.26 Å². The molecule has 0 fully saturated rings. The van der Waals surface area contributed by atoms with E-state index in [4.69, 9.17) is 11.0 Å². The van der Waals surface area contributed by atoms with E-state index in [-0.39, 0.29) is 17.1 Å². The minimum atomic E-state index is -4.88. The summed E-state index contributed by atoms with van der Waals surface area (Å²) in [5, 5.41) is 8.64. The van der Waals surface area contributed by atoms with Crippen LogP contribution in [0.1, 0.15) is 5.56 Å². The lowest BCUT2D eigenvalue weighted by molar-refractivity contribution is -0.276. The smallest absolute Gasteiger partial charge is 0.480 e. The fraction of sp³-hybridized carbons (Fsp3) is 0.250. The molecule has 1 rings (SSSR count). The van der Waals surface area contributed by atoms with E-state index in [1.165, 1.54) is 0 Å². The molecule has 0 atom stereocenters. The van der Waals surface area contributed by atoms with Crippen molar-refractivity contribution in [2.45, 2.75) is 6.36 Å². The number of aromatic nitrogens is 1. The molecule has 1 aromatic heterocycles. The van der Waals surface area contributed by atoms with Gasteiger partial charge in [-0.2, -0.15) is 10.2 Å². The summed E-state index contributed by atoms with van der Waals surface area (Å²) in [6.07, 6.45) is -4.88. The minimum Gasteiger partial charge on any atom is -0.480 e. The molecule has 16 heavy (non-hydrogen) atoms. The fourth-order valence-electron chi connectivity index (χ4n) is 0.948. The number of pyridine rings is 1. The Labute approximate surface area is 88.2 Å². The summed E-state index contributed by atoms with van der Waals surface area (Å²) in [4.78, 5) is 3.34. The first-order valence-corrected chi connectivity index (χ1v) is 3.87. The van der Waals surface area contributed by atoms with Crippen molar-refractivity contribution < 1.29 is 22.6 Å². The van der Waals surface area contributed by atoms with E-state index in [1.807, 2.05) is 0 Å². The molecule has 0 aliphatic rings. The third-order valence-electron chi connectivity index (χ3n) is 1.52. The number of hydrogen-bond acceptors (Lipinski definition) is 5. The molecular formula is C8H6F3N3O2. The van der Waals surface area contributed by atoms with Crippen LogP contribution < -0.4 is 15.2 Å². The van der Waals surface area contributed by atoms with Gasteiger partial charge in [0.25, 0.3) is 0 Å². The molecule has 1 aromatic rings. The number of rotatable bonds is 2. The SMILES string of the molecule is COc1nc(OC(F)(F)F)cc(N)c1C#N. The Morgan fingerprint density at radius 3 is 2.56 bits per heavy atom. The van der Waals surface area contributed by atoms with E-state index in [2.05, 4.69) is 14.5 Å². The van der Waals surface area contributed by atoms with Crippen molar-refractivity contribution in [1.82, 2.24) is 4.98 Å². The van der Waals surface area contributed by atoms with Gasteiger partial charge in [0.15, 0.2) is 0 Å². The van der Waals surface area contributed by atoms with Crippen LogP contribution in [0, 0.1) is 11.3 Å². The zero-order valence-corrected chi connectivity index (χ0v) is 8.00. The maximum Gasteiger partial charge on any atom is 0.574 e. The van der Waals surface area contributed by atoms with E-state index in [1.54, 1.807) is 6.07 Å². The first-order valence-electron chi connectivity index (χ1n) is 3.87. The Kier molecular flexibility index (Phi) is 3.08. The van der Waals surface area contributed by atoms with Crippen molar-refractivity contribution in [2.75, 3.05) is 12.8 Å². The zero-order chi connectivity index (χ0) is 12.3. The number of hydrogen-bond donors (Lipinski definition) is 1. The number of halogens is 3. The van der Waals surface area contributed by atoms with Crippen LogP contribution in [0.15, 0.2) is 6.07 Å². The van der Waals surface area contributed by atoms with Crippen molar-refractivity contribution in [3.63, 3.8) is 0 Å². The standard InChI is InChI=1S/C8H6F3N3O2/c1-15-7-4(3-12)5(13)2-6(14-7)16-8(9,10)11/h2H,1H3,(H2,13,14). The Hall–Kier alpha value is -2.17. The Morgan fingerprint density at radius 1 is 1.50 bits per heavy atom. The number of methoxy groups -OCH3 is 1. The van der Waals surface area contributed by atoms with Crippen LogP contribution in [0.25, 0.3) is 0 Å². The highest BCUT2D eigenvalue weighted by molar-refractivity contribution is 5.60. The number of nitrogens with two attached hydrogens (primary N) is 1. The van der Waals surface area contributed by atoms with E-state index < -0.39 is 12.2 Å². The summed E-state index contributed by atoms with van der Waals surface area (Å²) in [5.74, 6) is -1.09. The van der Waals surface area contributed by atoms with Gasteiger partial charge in [-0.3, -0.25) is 0 Å². The topological polar surface area (TPSA) is 81.2 Å². The molecule has 0 radical (unpaired) electrons. The summed E-state index contributed by atoms with van der Waals surface area (Å²) in [5.41, 5.74) is 5.00. The number of alkyl halides is 3. The highest BCUT2D eigenvalue weighted by Crippen LogP contribution is 2.29. The van der Waals surface area contributed by atoms with Gasteiger partial charge < -0.3 is 15.2 Å². The molecular weight excluding hydrogens is 227 g/mol. The van der Waals surface area contributed by atoms with Gasteiger partial charge in [0.05, 0.1) is 12.8 Å². The molecule has 2 N–H and O–H groups in total. The summed E-state index contributed by atoms with van der Waals surface area (Å²) >= 11 is 0. The van der Waals surface area contributed by atoms with Gasteiger partial charge in [0.1, 0.15) is 11.6 Å². The molecule has 0 saturated carbocycles. The molecule has 0 aliphatic carbocycles. The van der Waals surface area contributed by atoms with Crippen molar-refractivity contribution in [2.24, 2.45) is 0 Å². The van der Waals surface area contributed by atoms with Crippen LogP contribution in [0.3, 0.4) is 0 Å². The molecule has 1 heterocycles. The van der Waals surface area contributed by atoms with E-state index in [9.17, 15) is 13.2 Å². The summed E-state index contributed by atoms with van der Waals surface area (Å²) in [6, 6.07) is 2.46. The van der Waals surface area contributed by atoms with E-state index >= 15 is 0 Å². The highest BCUT2D eigenvalue weighted by Gasteiger charge is 2.32. The van der Waals surface area contributed by atoms with Crippen LogP contribution in [0.4, 0.5) is 18.9 Å². The lowest BCUT2D eigenvalue weighted by Gasteiger charge is -2.10. The van der Waals surface area contributed by atoms with Crippen LogP contribution in [0.2, 0.25) is 0 Å². The van der Waals surface area contributed by atoms with Gasteiger partial charge in [-0.05, 0) is 0 Å². The van der Waals surface area contributed by atoms with Gasteiger partial charge >= 0.3 is 6.36 Å². The second-order valence-electron chi connectivity index (χ2n) is 2.59. The Morgan fingerprint density at radius 2 is 2.12 bits per heavy atom. The molecule has 0 bridgehead atoms. The normalized spacial score (nSPS) is 10.7. The van der Waals surface area contributed by atoms with E-state index in [0.29, 0.717) is 0 Å². The van der Waals surface area contributed by atoms with Crippen LogP contribution in [-0.4, -0.2) is 18.5 Å². The number of nitrogens with zero attached hydrogens (tertiary/aromatic N) is 2. The van der Waals surface area contributed by atoms with Gasteiger partial charge in [0, 0.05) is 6.07 Å². The molecule has 0 aliphatic heterocycles. The van der Waals surface area contributed by atoms with Gasteiger partial charge in [0.2, 0.25) is 11.8 Å².